The molecule has 0 radical (unpaired) electrons. The van der Waals surface area contributed by atoms with E-state index in [1.165, 1.54) is 11.3 Å². The zero-order valence-corrected chi connectivity index (χ0v) is 12.1. The fourth-order valence-electron chi connectivity index (χ4n) is 1.96. The number of nitrogens with one attached hydrogen (secondary N) is 3. The van der Waals surface area contributed by atoms with Crippen molar-refractivity contribution in [2.24, 2.45) is 0 Å². The molecule has 2 aliphatic carbocycles. The minimum Gasteiger partial charge on any atom is -0.397 e. The SMILES string of the molecule is CNC(=O)c1c(NC2CC2)sc(C(=O)NC2CC2)c1N. The summed E-state index contributed by atoms with van der Waals surface area (Å²) in [7, 11) is 1.56. The topological polar surface area (TPSA) is 96.2 Å². The molecule has 0 atom stereocenters. The van der Waals surface area contributed by atoms with E-state index in [0.29, 0.717) is 21.5 Å². The first-order valence-electron chi connectivity index (χ1n) is 6.82. The minimum atomic E-state index is -0.257. The third-order valence-corrected chi connectivity index (χ3v) is 4.57. The fraction of sp³-hybridized carbons (Fsp3) is 0.538. The van der Waals surface area contributed by atoms with Crippen LogP contribution in [0, 0.1) is 0 Å². The second-order valence-electron chi connectivity index (χ2n) is 5.29. The molecule has 1 heterocycles. The average Bonchev–Trinajstić information content (AvgIpc) is 3.31. The molecule has 2 fully saturated rings. The average molecular weight is 294 g/mol. The molecule has 7 heteroatoms. The highest BCUT2D eigenvalue weighted by Crippen LogP contribution is 2.39. The van der Waals surface area contributed by atoms with Crippen molar-refractivity contribution in [1.29, 1.82) is 0 Å². The van der Waals surface area contributed by atoms with Crippen LogP contribution in [0.3, 0.4) is 0 Å². The zero-order valence-electron chi connectivity index (χ0n) is 11.3. The van der Waals surface area contributed by atoms with Gasteiger partial charge in [0.25, 0.3) is 11.8 Å². The quantitative estimate of drug-likeness (QED) is 0.655. The van der Waals surface area contributed by atoms with Gasteiger partial charge in [-0.05, 0) is 25.7 Å². The molecule has 5 N–H and O–H groups in total. The molecule has 108 valence electrons. The maximum absolute atomic E-state index is 12.2. The first-order chi connectivity index (χ1) is 9.60. The monoisotopic (exact) mass is 294 g/mol. The number of hydrogen-bond donors (Lipinski definition) is 4. The first-order valence-corrected chi connectivity index (χ1v) is 7.63. The van der Waals surface area contributed by atoms with Crippen LogP contribution in [-0.4, -0.2) is 30.9 Å². The number of anilines is 2. The van der Waals surface area contributed by atoms with E-state index in [0.717, 1.165) is 25.7 Å². The summed E-state index contributed by atoms with van der Waals surface area (Å²) < 4.78 is 0. The third kappa shape index (κ3) is 2.58. The zero-order chi connectivity index (χ0) is 14.3. The van der Waals surface area contributed by atoms with E-state index in [2.05, 4.69) is 16.0 Å². The van der Waals surface area contributed by atoms with Gasteiger partial charge in [0.2, 0.25) is 0 Å². The molecule has 1 aromatic heterocycles. The van der Waals surface area contributed by atoms with Crippen LogP contribution in [0.4, 0.5) is 10.7 Å². The second-order valence-corrected chi connectivity index (χ2v) is 6.32. The molecule has 0 spiro atoms. The molecule has 2 saturated carbocycles. The van der Waals surface area contributed by atoms with Crippen LogP contribution in [0.1, 0.15) is 45.7 Å². The smallest absolute Gasteiger partial charge is 0.263 e. The number of nitrogen functional groups attached to an aromatic ring is 1. The summed E-state index contributed by atoms with van der Waals surface area (Å²) in [5, 5.41) is 9.47. The van der Waals surface area contributed by atoms with Gasteiger partial charge in [-0.3, -0.25) is 9.59 Å². The molecule has 20 heavy (non-hydrogen) atoms. The Hall–Kier alpha value is -1.76. The summed E-state index contributed by atoms with van der Waals surface area (Å²) >= 11 is 1.27. The highest BCUT2D eigenvalue weighted by Gasteiger charge is 2.31. The van der Waals surface area contributed by atoms with E-state index in [1.54, 1.807) is 7.05 Å². The number of thiophene rings is 1. The highest BCUT2D eigenvalue weighted by molar-refractivity contribution is 7.19. The van der Waals surface area contributed by atoms with E-state index in [9.17, 15) is 9.59 Å². The van der Waals surface area contributed by atoms with E-state index in [4.69, 9.17) is 5.73 Å². The maximum Gasteiger partial charge on any atom is 0.263 e. The van der Waals surface area contributed by atoms with Gasteiger partial charge in [0.05, 0.1) is 11.3 Å². The molecule has 0 aliphatic heterocycles. The Morgan fingerprint density at radius 3 is 2.35 bits per heavy atom. The highest BCUT2D eigenvalue weighted by atomic mass is 32.1. The summed E-state index contributed by atoms with van der Waals surface area (Å²) in [6.45, 7) is 0. The predicted octanol–water partition coefficient (Wildman–Crippen LogP) is 1.16. The number of amides is 2. The van der Waals surface area contributed by atoms with Crippen molar-refractivity contribution in [3.05, 3.63) is 10.4 Å². The van der Waals surface area contributed by atoms with E-state index in [1.807, 2.05) is 0 Å². The Bertz CT molecular complexity index is 561. The summed E-state index contributed by atoms with van der Waals surface area (Å²) in [4.78, 5) is 24.6. The van der Waals surface area contributed by atoms with Gasteiger partial charge in [0.15, 0.2) is 0 Å². The van der Waals surface area contributed by atoms with Crippen LogP contribution in [0.5, 0.6) is 0 Å². The molecule has 2 aliphatic rings. The molecular formula is C13H18N4O2S. The standard InChI is InChI=1S/C13H18N4O2S/c1-15-11(18)8-9(14)10(12(19)16-6-2-3-6)20-13(8)17-7-4-5-7/h6-7,17H,2-5,14H2,1H3,(H,15,18)(H,16,19). The molecule has 6 nitrogen and oxygen atoms in total. The lowest BCUT2D eigenvalue weighted by Gasteiger charge is -2.05. The van der Waals surface area contributed by atoms with Crippen LogP contribution >= 0.6 is 11.3 Å². The van der Waals surface area contributed by atoms with E-state index < -0.39 is 0 Å². The Balaban J connectivity index is 1.90. The lowest BCUT2D eigenvalue weighted by Crippen LogP contribution is -2.26. The summed E-state index contributed by atoms with van der Waals surface area (Å²) in [6.07, 6.45) is 4.22. The van der Waals surface area contributed by atoms with Gasteiger partial charge in [-0.2, -0.15) is 0 Å². The maximum atomic E-state index is 12.2. The lowest BCUT2D eigenvalue weighted by molar-refractivity contribution is 0.0955. The van der Waals surface area contributed by atoms with Crippen molar-refractivity contribution in [3.8, 4) is 0 Å². The number of carbonyl (C=O) groups is 2. The molecule has 0 unspecified atom stereocenters. The number of carbonyl (C=O) groups excluding carboxylic acids is 2. The van der Waals surface area contributed by atoms with Crippen LogP contribution < -0.4 is 21.7 Å². The molecule has 0 aromatic carbocycles. The lowest BCUT2D eigenvalue weighted by atomic mass is 10.2. The van der Waals surface area contributed by atoms with E-state index in [-0.39, 0.29) is 23.5 Å². The van der Waals surface area contributed by atoms with Crippen LogP contribution in [-0.2, 0) is 0 Å². The normalized spacial score (nSPS) is 17.6. The van der Waals surface area contributed by atoms with E-state index >= 15 is 0 Å². The second kappa shape index (κ2) is 4.97. The van der Waals surface area contributed by atoms with Crippen molar-refractivity contribution in [2.45, 2.75) is 37.8 Å². The summed E-state index contributed by atoms with van der Waals surface area (Å²) in [5.41, 5.74) is 6.69. The van der Waals surface area contributed by atoms with Gasteiger partial charge in [0.1, 0.15) is 9.88 Å². The van der Waals surface area contributed by atoms with Gasteiger partial charge in [-0.1, -0.05) is 0 Å². The van der Waals surface area contributed by atoms with Crippen molar-refractivity contribution < 1.29 is 9.59 Å². The molecule has 3 rings (SSSR count). The van der Waals surface area contributed by atoms with Crippen molar-refractivity contribution in [3.63, 3.8) is 0 Å². The van der Waals surface area contributed by atoms with Gasteiger partial charge < -0.3 is 21.7 Å². The van der Waals surface area contributed by atoms with Crippen molar-refractivity contribution in [2.75, 3.05) is 18.1 Å². The summed E-state index contributed by atoms with van der Waals surface area (Å²) in [6, 6.07) is 0.670. The predicted molar refractivity (Wildman–Crippen MR) is 79.3 cm³/mol. The fourth-order valence-corrected chi connectivity index (χ4v) is 3.05. The van der Waals surface area contributed by atoms with Gasteiger partial charge in [-0.25, -0.2) is 0 Å². The Morgan fingerprint density at radius 2 is 1.80 bits per heavy atom. The molecule has 0 bridgehead atoms. The van der Waals surface area contributed by atoms with Crippen molar-refractivity contribution in [1.82, 2.24) is 10.6 Å². The van der Waals surface area contributed by atoms with Crippen molar-refractivity contribution >= 4 is 33.8 Å². The van der Waals surface area contributed by atoms with Gasteiger partial charge in [0, 0.05) is 19.1 Å². The summed E-state index contributed by atoms with van der Waals surface area (Å²) in [5.74, 6) is -0.434. The molecule has 2 amide bonds. The Labute approximate surface area is 121 Å². The molecular weight excluding hydrogens is 276 g/mol. The van der Waals surface area contributed by atoms with Crippen LogP contribution in [0.15, 0.2) is 0 Å². The van der Waals surface area contributed by atoms with Crippen LogP contribution in [0.25, 0.3) is 0 Å². The van der Waals surface area contributed by atoms with Gasteiger partial charge in [-0.15, -0.1) is 11.3 Å². The number of rotatable bonds is 5. The molecule has 1 aromatic rings. The Kier molecular flexibility index (Phi) is 3.29. The Morgan fingerprint density at radius 1 is 1.15 bits per heavy atom. The van der Waals surface area contributed by atoms with Gasteiger partial charge >= 0.3 is 0 Å². The minimum absolute atomic E-state index is 0.177. The molecule has 0 saturated heterocycles. The first kappa shape index (κ1) is 13.2. The third-order valence-electron chi connectivity index (χ3n) is 3.43. The number of hydrogen-bond acceptors (Lipinski definition) is 5. The van der Waals surface area contributed by atoms with Crippen LogP contribution in [0.2, 0.25) is 0 Å². The number of nitrogens with two attached hydrogens (primary N) is 1. The largest absolute Gasteiger partial charge is 0.397 e.